The van der Waals surface area contributed by atoms with Crippen LogP contribution in [0.3, 0.4) is 0 Å². The minimum Gasteiger partial charge on any atom is -0.497 e. The molecule has 47 valence electrons. The van der Waals surface area contributed by atoms with Crippen molar-refractivity contribution in [1.82, 2.24) is 0 Å². The quantitative estimate of drug-likeness (QED) is 0.550. The summed E-state index contributed by atoms with van der Waals surface area (Å²) in [6, 6.07) is 8.75. The number of ether oxygens (including phenoxy) is 1. The highest BCUT2D eigenvalue weighted by Gasteiger charge is 1.86. The van der Waals surface area contributed by atoms with Crippen molar-refractivity contribution in [2.75, 3.05) is 7.11 Å². The molecular weight excluding hydrogens is 112 g/mol. The Kier molecular flexibility index (Phi) is 1.73. The maximum Gasteiger partial charge on any atom is 0.119 e. The van der Waals surface area contributed by atoms with Gasteiger partial charge in [0.1, 0.15) is 5.75 Å². The minimum atomic E-state index is 0.862. The standard InChI is InChI=1S/C8H9O/c1-7-3-5-8(9-2)6-4-7/h3,5-6H,1-2H3. The van der Waals surface area contributed by atoms with Crippen LogP contribution in [0, 0.1) is 13.0 Å². The lowest BCUT2D eigenvalue weighted by Crippen LogP contribution is -1.80. The Morgan fingerprint density at radius 2 is 2.22 bits per heavy atom. The van der Waals surface area contributed by atoms with Crippen LogP contribution in [0.15, 0.2) is 18.2 Å². The van der Waals surface area contributed by atoms with E-state index >= 15 is 0 Å². The summed E-state index contributed by atoms with van der Waals surface area (Å²) in [5.41, 5.74) is 1.14. The Hall–Kier alpha value is -0.980. The van der Waals surface area contributed by atoms with Crippen molar-refractivity contribution in [2.45, 2.75) is 6.92 Å². The van der Waals surface area contributed by atoms with Crippen LogP contribution >= 0.6 is 0 Å². The molecule has 0 heterocycles. The van der Waals surface area contributed by atoms with Crippen LogP contribution < -0.4 is 4.74 Å². The zero-order chi connectivity index (χ0) is 6.69. The topological polar surface area (TPSA) is 9.23 Å². The first kappa shape index (κ1) is 6.14. The van der Waals surface area contributed by atoms with Crippen LogP contribution in [0.25, 0.3) is 0 Å². The maximum atomic E-state index is 4.94. The first-order valence-corrected chi connectivity index (χ1v) is 2.85. The highest BCUT2D eigenvalue weighted by Crippen LogP contribution is 2.08. The van der Waals surface area contributed by atoms with Gasteiger partial charge in [0.25, 0.3) is 0 Å². The monoisotopic (exact) mass is 121 g/mol. The molecule has 9 heavy (non-hydrogen) atoms. The molecule has 0 aliphatic rings. The molecule has 0 N–H and O–H groups in total. The SMILES string of the molecule is COc1c[c]c(C)cc1. The highest BCUT2D eigenvalue weighted by molar-refractivity contribution is 5.24. The van der Waals surface area contributed by atoms with E-state index in [-0.39, 0.29) is 0 Å². The van der Waals surface area contributed by atoms with Gasteiger partial charge in [0.05, 0.1) is 7.11 Å². The Morgan fingerprint density at radius 3 is 2.67 bits per heavy atom. The molecule has 0 saturated carbocycles. The Balaban J connectivity index is 2.88. The van der Waals surface area contributed by atoms with Gasteiger partial charge in [-0.2, -0.15) is 0 Å². The Morgan fingerprint density at radius 1 is 1.44 bits per heavy atom. The molecule has 0 amide bonds. The van der Waals surface area contributed by atoms with E-state index in [9.17, 15) is 0 Å². The molecule has 0 aromatic heterocycles. The lowest BCUT2D eigenvalue weighted by molar-refractivity contribution is 0.414. The number of hydrogen-bond acceptors (Lipinski definition) is 1. The molecule has 0 atom stereocenters. The lowest BCUT2D eigenvalue weighted by Gasteiger charge is -1.96. The molecule has 0 spiro atoms. The summed E-state index contributed by atoms with van der Waals surface area (Å²) in [5, 5.41) is 0. The second kappa shape index (κ2) is 2.53. The minimum absolute atomic E-state index is 0.862. The fourth-order valence-corrected chi connectivity index (χ4v) is 0.615. The first-order chi connectivity index (χ1) is 4.33. The van der Waals surface area contributed by atoms with E-state index in [0.29, 0.717) is 0 Å². The highest BCUT2D eigenvalue weighted by atomic mass is 16.5. The van der Waals surface area contributed by atoms with Crippen LogP contribution in [0.1, 0.15) is 5.56 Å². The van der Waals surface area contributed by atoms with E-state index in [0.717, 1.165) is 11.3 Å². The van der Waals surface area contributed by atoms with Crippen molar-refractivity contribution in [2.24, 2.45) is 0 Å². The van der Waals surface area contributed by atoms with Crippen LogP contribution in [0.5, 0.6) is 5.75 Å². The summed E-state index contributed by atoms with van der Waals surface area (Å²) >= 11 is 0. The third-order valence-corrected chi connectivity index (χ3v) is 1.18. The molecule has 1 radical (unpaired) electrons. The van der Waals surface area contributed by atoms with E-state index in [1.165, 1.54) is 0 Å². The van der Waals surface area contributed by atoms with E-state index in [1.807, 2.05) is 25.1 Å². The second-order valence-electron chi connectivity index (χ2n) is 1.91. The third-order valence-electron chi connectivity index (χ3n) is 1.18. The maximum absolute atomic E-state index is 4.94. The molecule has 0 saturated heterocycles. The number of benzene rings is 1. The van der Waals surface area contributed by atoms with Crippen LogP contribution in [-0.2, 0) is 0 Å². The van der Waals surface area contributed by atoms with Crippen LogP contribution in [-0.4, -0.2) is 7.11 Å². The number of methoxy groups -OCH3 is 1. The van der Waals surface area contributed by atoms with Crippen molar-refractivity contribution in [3.63, 3.8) is 0 Å². The number of rotatable bonds is 1. The molecular formula is C8H9O. The van der Waals surface area contributed by atoms with Gasteiger partial charge < -0.3 is 4.74 Å². The van der Waals surface area contributed by atoms with Gasteiger partial charge in [-0.05, 0) is 30.7 Å². The second-order valence-corrected chi connectivity index (χ2v) is 1.91. The van der Waals surface area contributed by atoms with Gasteiger partial charge in [0, 0.05) is 0 Å². The van der Waals surface area contributed by atoms with Gasteiger partial charge in [-0.15, -0.1) is 0 Å². The lowest BCUT2D eigenvalue weighted by atomic mass is 10.2. The predicted molar refractivity (Wildman–Crippen MR) is 36.6 cm³/mol. The summed E-state index contributed by atoms with van der Waals surface area (Å²) in [7, 11) is 1.65. The van der Waals surface area contributed by atoms with Gasteiger partial charge in [0.2, 0.25) is 0 Å². The zero-order valence-corrected chi connectivity index (χ0v) is 5.64. The number of hydrogen-bond donors (Lipinski definition) is 0. The fourth-order valence-electron chi connectivity index (χ4n) is 0.615. The normalized spacial score (nSPS) is 9.11. The van der Waals surface area contributed by atoms with Crippen LogP contribution in [0.4, 0.5) is 0 Å². The molecule has 0 aliphatic heterocycles. The average Bonchev–Trinajstić information content (AvgIpc) is 1.90. The summed E-state index contributed by atoms with van der Waals surface area (Å²) in [4.78, 5) is 0. The molecule has 1 aromatic carbocycles. The van der Waals surface area contributed by atoms with Crippen molar-refractivity contribution in [3.8, 4) is 5.75 Å². The summed E-state index contributed by atoms with van der Waals surface area (Å²) < 4.78 is 4.94. The summed E-state index contributed by atoms with van der Waals surface area (Å²) in [6.07, 6.45) is 0. The molecule has 1 aromatic rings. The van der Waals surface area contributed by atoms with E-state index < -0.39 is 0 Å². The predicted octanol–water partition coefficient (Wildman–Crippen LogP) is 1.80. The molecule has 1 rings (SSSR count). The van der Waals surface area contributed by atoms with Gasteiger partial charge in [-0.3, -0.25) is 0 Å². The molecule has 1 heteroatoms. The molecule has 0 fully saturated rings. The molecule has 0 aliphatic carbocycles. The van der Waals surface area contributed by atoms with Crippen molar-refractivity contribution < 1.29 is 4.74 Å². The zero-order valence-electron chi connectivity index (χ0n) is 5.64. The van der Waals surface area contributed by atoms with E-state index in [4.69, 9.17) is 4.74 Å². The van der Waals surface area contributed by atoms with Crippen molar-refractivity contribution in [3.05, 3.63) is 29.8 Å². The van der Waals surface area contributed by atoms with Crippen molar-refractivity contribution in [1.29, 1.82) is 0 Å². The average molecular weight is 121 g/mol. The fraction of sp³-hybridized carbons (Fsp3) is 0.250. The van der Waals surface area contributed by atoms with Gasteiger partial charge in [0.15, 0.2) is 0 Å². The summed E-state index contributed by atoms with van der Waals surface area (Å²) in [6.45, 7) is 2.00. The smallest absolute Gasteiger partial charge is 0.119 e. The van der Waals surface area contributed by atoms with Gasteiger partial charge in [-0.1, -0.05) is 6.07 Å². The third kappa shape index (κ3) is 1.46. The number of aryl methyl sites for hydroxylation is 1. The molecule has 0 bridgehead atoms. The first-order valence-electron chi connectivity index (χ1n) is 2.85. The van der Waals surface area contributed by atoms with Gasteiger partial charge >= 0.3 is 0 Å². The largest absolute Gasteiger partial charge is 0.497 e. The van der Waals surface area contributed by atoms with Crippen molar-refractivity contribution >= 4 is 0 Å². The van der Waals surface area contributed by atoms with E-state index in [1.54, 1.807) is 7.11 Å². The Bertz CT molecular complexity index is 176. The van der Waals surface area contributed by atoms with Gasteiger partial charge in [-0.25, -0.2) is 0 Å². The van der Waals surface area contributed by atoms with Crippen LogP contribution in [0.2, 0.25) is 0 Å². The summed E-state index contributed by atoms with van der Waals surface area (Å²) in [5.74, 6) is 0.862. The van der Waals surface area contributed by atoms with E-state index in [2.05, 4.69) is 6.07 Å². The molecule has 0 unspecified atom stereocenters. The Labute approximate surface area is 55.3 Å². The molecule has 1 nitrogen and oxygen atoms in total.